The maximum absolute atomic E-state index is 12.7. The zero-order valence-corrected chi connectivity index (χ0v) is 19.7. The van der Waals surface area contributed by atoms with E-state index in [2.05, 4.69) is 10.0 Å². The van der Waals surface area contributed by atoms with Crippen molar-refractivity contribution in [2.75, 3.05) is 7.11 Å². The van der Waals surface area contributed by atoms with Gasteiger partial charge < -0.3 is 10.1 Å². The fourth-order valence-electron chi connectivity index (χ4n) is 2.81. The molecule has 1 unspecified atom stereocenters. The van der Waals surface area contributed by atoms with E-state index in [1.165, 1.54) is 18.9 Å². The first-order valence-electron chi connectivity index (χ1n) is 9.81. The molecule has 0 aliphatic rings. The van der Waals surface area contributed by atoms with Crippen molar-refractivity contribution in [2.24, 2.45) is 0 Å². The Hall–Kier alpha value is -2.36. The minimum atomic E-state index is -3.39. The van der Waals surface area contributed by atoms with Gasteiger partial charge in [0.25, 0.3) is 5.91 Å². The van der Waals surface area contributed by atoms with Crippen LogP contribution in [0, 0.1) is 0 Å². The first kappa shape index (κ1) is 24.9. The molecule has 2 aromatic rings. The van der Waals surface area contributed by atoms with Crippen molar-refractivity contribution in [2.45, 2.75) is 49.3 Å². The third-order valence-electron chi connectivity index (χ3n) is 4.22. The molecule has 0 heterocycles. The van der Waals surface area contributed by atoms with E-state index in [-0.39, 0.29) is 23.7 Å². The largest absolute Gasteiger partial charge is 0.468 e. The highest BCUT2D eigenvalue weighted by atomic mass is 32.2. The summed E-state index contributed by atoms with van der Waals surface area (Å²) in [5, 5.41) is 2.43. The number of nitrogens with one attached hydrogen (secondary N) is 2. The second-order valence-corrected chi connectivity index (χ2v) is 10.4. The summed E-state index contributed by atoms with van der Waals surface area (Å²) in [7, 11) is -2.05. The highest BCUT2D eigenvalue weighted by Crippen LogP contribution is 2.27. The van der Waals surface area contributed by atoms with Crippen molar-refractivity contribution in [3.63, 3.8) is 0 Å². The highest BCUT2D eigenvalue weighted by Gasteiger charge is 2.19. The Balaban J connectivity index is 2.00. The minimum Gasteiger partial charge on any atom is -0.468 e. The molecular weight excluding hydrogens is 436 g/mol. The van der Waals surface area contributed by atoms with Gasteiger partial charge in [0.2, 0.25) is 10.0 Å². The van der Waals surface area contributed by atoms with E-state index in [9.17, 15) is 18.0 Å². The predicted octanol–water partition coefficient (Wildman–Crippen LogP) is 3.10. The Kier molecular flexibility index (Phi) is 9.09. The van der Waals surface area contributed by atoms with Gasteiger partial charge in [0.1, 0.15) is 5.25 Å². The lowest BCUT2D eigenvalue weighted by Crippen LogP contribution is -2.31. The fraction of sp³-hybridized carbons (Fsp3) is 0.364. The van der Waals surface area contributed by atoms with E-state index in [0.717, 1.165) is 5.56 Å². The summed E-state index contributed by atoms with van der Waals surface area (Å²) in [5.41, 5.74) is 1.99. The predicted molar refractivity (Wildman–Crippen MR) is 122 cm³/mol. The van der Waals surface area contributed by atoms with Crippen LogP contribution in [0.3, 0.4) is 0 Å². The van der Waals surface area contributed by atoms with E-state index < -0.39 is 15.3 Å². The Labute approximate surface area is 188 Å². The van der Waals surface area contributed by atoms with Crippen molar-refractivity contribution in [1.82, 2.24) is 10.0 Å². The quantitative estimate of drug-likeness (QED) is 0.414. The van der Waals surface area contributed by atoms with Crippen LogP contribution in [0.2, 0.25) is 0 Å². The third kappa shape index (κ3) is 8.01. The van der Waals surface area contributed by atoms with Crippen LogP contribution >= 0.6 is 11.8 Å². The molecule has 0 fully saturated rings. The van der Waals surface area contributed by atoms with E-state index in [4.69, 9.17) is 4.74 Å². The second kappa shape index (κ2) is 11.3. The lowest BCUT2D eigenvalue weighted by molar-refractivity contribution is -0.139. The molecule has 1 amide bonds. The van der Waals surface area contributed by atoms with Gasteiger partial charge >= 0.3 is 5.97 Å². The summed E-state index contributed by atoms with van der Waals surface area (Å²) in [6.45, 7) is 5.57. The second-order valence-electron chi connectivity index (χ2n) is 7.31. The fourth-order valence-corrected chi connectivity index (χ4v) is 5.26. The number of ether oxygens (including phenoxy) is 1. The standard InChI is InChI=1S/C22H28N2O5S2/c1-15(2)24-31(27,28)14-18-11-9-17(10-12-18)13-23-21(25)19-7-5-6-8-20(19)30-16(3)22(26)29-4/h5-12,15-16,24H,13-14H2,1-4H3,(H,23,25). The van der Waals surface area contributed by atoms with Gasteiger partial charge in [0.05, 0.1) is 18.4 Å². The summed E-state index contributed by atoms with van der Waals surface area (Å²) in [5.74, 6) is -0.709. The zero-order chi connectivity index (χ0) is 23.0. The van der Waals surface area contributed by atoms with E-state index >= 15 is 0 Å². The summed E-state index contributed by atoms with van der Waals surface area (Å²) in [6, 6.07) is 14.0. The molecule has 0 spiro atoms. The Morgan fingerprint density at radius 2 is 1.61 bits per heavy atom. The van der Waals surface area contributed by atoms with Crippen molar-refractivity contribution >= 4 is 33.7 Å². The van der Waals surface area contributed by atoms with Gasteiger partial charge in [-0.15, -0.1) is 11.8 Å². The van der Waals surface area contributed by atoms with Gasteiger partial charge in [-0.2, -0.15) is 0 Å². The summed E-state index contributed by atoms with van der Waals surface area (Å²) in [4.78, 5) is 25.1. The number of hydrogen-bond donors (Lipinski definition) is 2. The van der Waals surface area contributed by atoms with Gasteiger partial charge in [-0.05, 0) is 44.0 Å². The topological polar surface area (TPSA) is 102 Å². The smallest absolute Gasteiger partial charge is 0.318 e. The van der Waals surface area contributed by atoms with Crippen LogP contribution in [-0.2, 0) is 31.9 Å². The molecule has 31 heavy (non-hydrogen) atoms. The van der Waals surface area contributed by atoms with Crippen LogP contribution in [-0.4, -0.2) is 38.7 Å². The Morgan fingerprint density at radius 1 is 1.00 bits per heavy atom. The first-order chi connectivity index (χ1) is 14.6. The van der Waals surface area contributed by atoms with Crippen LogP contribution in [0.4, 0.5) is 0 Å². The lowest BCUT2D eigenvalue weighted by atomic mass is 10.1. The van der Waals surface area contributed by atoms with Gasteiger partial charge in [-0.1, -0.05) is 36.4 Å². The molecule has 0 bridgehead atoms. The van der Waals surface area contributed by atoms with Crippen LogP contribution in [0.25, 0.3) is 0 Å². The number of thioether (sulfide) groups is 1. The molecule has 0 saturated heterocycles. The molecule has 0 aliphatic heterocycles. The monoisotopic (exact) mass is 464 g/mol. The van der Waals surface area contributed by atoms with Crippen LogP contribution in [0.1, 0.15) is 42.3 Å². The molecule has 9 heteroatoms. The van der Waals surface area contributed by atoms with Crippen molar-refractivity contribution in [3.8, 4) is 0 Å². The van der Waals surface area contributed by atoms with Gasteiger partial charge in [-0.3, -0.25) is 9.59 Å². The number of amides is 1. The number of rotatable bonds is 10. The molecule has 0 aliphatic carbocycles. The molecule has 2 rings (SSSR count). The third-order valence-corrected chi connectivity index (χ3v) is 6.92. The van der Waals surface area contributed by atoms with Gasteiger partial charge in [0, 0.05) is 17.5 Å². The van der Waals surface area contributed by atoms with Gasteiger partial charge in [-0.25, -0.2) is 13.1 Å². The van der Waals surface area contributed by atoms with Gasteiger partial charge in [0.15, 0.2) is 0 Å². The molecule has 2 aromatic carbocycles. The van der Waals surface area contributed by atoms with Crippen molar-refractivity contribution in [3.05, 3.63) is 65.2 Å². The molecule has 1 atom stereocenters. The summed E-state index contributed by atoms with van der Waals surface area (Å²) >= 11 is 1.27. The summed E-state index contributed by atoms with van der Waals surface area (Å²) < 4.78 is 31.4. The normalized spacial score (nSPS) is 12.4. The van der Waals surface area contributed by atoms with E-state index in [1.54, 1.807) is 63.2 Å². The lowest BCUT2D eigenvalue weighted by Gasteiger charge is -2.13. The number of benzene rings is 2. The number of carbonyl (C=O) groups excluding carboxylic acids is 2. The SMILES string of the molecule is COC(=O)C(C)Sc1ccccc1C(=O)NCc1ccc(CS(=O)(=O)NC(C)C)cc1. The number of sulfonamides is 1. The molecule has 7 nitrogen and oxygen atoms in total. The molecule has 0 saturated carbocycles. The number of carbonyl (C=O) groups is 2. The van der Waals surface area contributed by atoms with Crippen LogP contribution < -0.4 is 10.0 Å². The molecular formula is C22H28N2O5S2. The van der Waals surface area contributed by atoms with Crippen molar-refractivity contribution in [1.29, 1.82) is 0 Å². The summed E-state index contributed by atoms with van der Waals surface area (Å²) in [6.07, 6.45) is 0. The number of hydrogen-bond acceptors (Lipinski definition) is 6. The zero-order valence-electron chi connectivity index (χ0n) is 18.0. The maximum Gasteiger partial charge on any atom is 0.318 e. The molecule has 168 valence electrons. The average Bonchev–Trinajstić information content (AvgIpc) is 2.71. The minimum absolute atomic E-state index is 0.0964. The Morgan fingerprint density at radius 3 is 2.23 bits per heavy atom. The first-order valence-corrected chi connectivity index (χ1v) is 12.3. The Bertz CT molecular complexity index is 1000. The molecule has 0 aromatic heterocycles. The molecule has 0 radical (unpaired) electrons. The van der Waals surface area contributed by atoms with Crippen LogP contribution in [0.5, 0.6) is 0 Å². The maximum atomic E-state index is 12.7. The molecule has 2 N–H and O–H groups in total. The average molecular weight is 465 g/mol. The number of methoxy groups -OCH3 is 1. The highest BCUT2D eigenvalue weighted by molar-refractivity contribution is 8.00. The van der Waals surface area contributed by atoms with E-state index in [1.807, 2.05) is 6.07 Å². The number of esters is 1. The van der Waals surface area contributed by atoms with Crippen LogP contribution in [0.15, 0.2) is 53.4 Å². The van der Waals surface area contributed by atoms with E-state index in [0.29, 0.717) is 22.6 Å². The van der Waals surface area contributed by atoms with Crippen molar-refractivity contribution < 1.29 is 22.7 Å².